The highest BCUT2D eigenvalue weighted by molar-refractivity contribution is 5.38. The van der Waals surface area contributed by atoms with Gasteiger partial charge in [0.15, 0.2) is 0 Å². The van der Waals surface area contributed by atoms with Gasteiger partial charge in [-0.3, -0.25) is 10.1 Å². The fraction of sp³-hybridized carbons (Fsp3) is 0.714. The molecule has 0 bridgehead atoms. The topological polar surface area (TPSA) is 43.1 Å². The average molecular weight is 365 g/mol. The maximum absolute atomic E-state index is 13.9. The highest BCUT2D eigenvalue weighted by Gasteiger charge is 2.32. The predicted molar refractivity (Wildman–Crippen MR) is 98.1 cm³/mol. The van der Waals surface area contributed by atoms with Crippen LogP contribution in [0.3, 0.4) is 0 Å². The minimum atomic E-state index is -1.05. The van der Waals surface area contributed by atoms with E-state index in [4.69, 9.17) is 0 Å². The molecule has 0 unspecified atom stereocenters. The fourth-order valence-corrected chi connectivity index (χ4v) is 5.28. The standard InChI is InChI=1S/C21H29F2NO2/c1-2-3-14-4-6-15(7-5-14)16-8-10-17(11-9-16)18-12-19(22)21(24(25)26)20(23)13-18/h12-17H,2-11H2,1H3/t14-,15-,16-,17-. The smallest absolute Gasteiger partial charge is 0.258 e. The Bertz CT molecular complexity index is 610. The van der Waals surface area contributed by atoms with E-state index in [0.717, 1.165) is 43.4 Å². The molecule has 1 aromatic carbocycles. The summed E-state index contributed by atoms with van der Waals surface area (Å²) in [5, 5.41) is 10.7. The number of benzene rings is 1. The predicted octanol–water partition coefficient (Wildman–Crippen LogP) is 6.75. The largest absolute Gasteiger partial charge is 0.340 e. The van der Waals surface area contributed by atoms with Gasteiger partial charge in [-0.25, -0.2) is 0 Å². The molecule has 0 radical (unpaired) electrons. The molecule has 0 amide bonds. The van der Waals surface area contributed by atoms with Crippen molar-refractivity contribution in [1.29, 1.82) is 0 Å². The molecule has 0 heterocycles. The quantitative estimate of drug-likeness (QED) is 0.428. The van der Waals surface area contributed by atoms with E-state index in [9.17, 15) is 18.9 Å². The molecule has 0 saturated heterocycles. The van der Waals surface area contributed by atoms with Crippen LogP contribution in [0.4, 0.5) is 14.5 Å². The van der Waals surface area contributed by atoms with Crippen molar-refractivity contribution in [2.45, 2.75) is 77.0 Å². The number of nitro benzene ring substituents is 1. The van der Waals surface area contributed by atoms with Gasteiger partial charge in [0.25, 0.3) is 0 Å². The summed E-state index contributed by atoms with van der Waals surface area (Å²) in [6.07, 6.45) is 12.1. The van der Waals surface area contributed by atoms with E-state index < -0.39 is 22.2 Å². The maximum atomic E-state index is 13.9. The lowest BCUT2D eigenvalue weighted by Gasteiger charge is -2.38. The van der Waals surface area contributed by atoms with E-state index in [1.54, 1.807) is 0 Å². The molecule has 0 aliphatic heterocycles. The van der Waals surface area contributed by atoms with Crippen LogP contribution < -0.4 is 0 Å². The third-order valence-electron chi connectivity index (χ3n) is 6.72. The Morgan fingerprint density at radius 2 is 1.46 bits per heavy atom. The lowest BCUT2D eigenvalue weighted by Crippen LogP contribution is -2.25. The highest BCUT2D eigenvalue weighted by atomic mass is 19.1. The molecule has 2 aliphatic rings. The van der Waals surface area contributed by atoms with E-state index in [0.29, 0.717) is 5.56 Å². The molecule has 144 valence electrons. The zero-order valence-electron chi connectivity index (χ0n) is 15.6. The Morgan fingerprint density at radius 3 is 1.92 bits per heavy atom. The van der Waals surface area contributed by atoms with Gasteiger partial charge in [0.2, 0.25) is 11.6 Å². The molecule has 2 aliphatic carbocycles. The molecule has 0 atom stereocenters. The minimum absolute atomic E-state index is 0.118. The van der Waals surface area contributed by atoms with Gasteiger partial charge in [0.05, 0.1) is 4.92 Å². The van der Waals surface area contributed by atoms with Gasteiger partial charge in [-0.1, -0.05) is 32.6 Å². The van der Waals surface area contributed by atoms with Crippen LogP contribution in [0.15, 0.2) is 12.1 Å². The highest BCUT2D eigenvalue weighted by Crippen LogP contribution is 2.45. The number of nitrogens with zero attached hydrogens (tertiary/aromatic N) is 1. The molecule has 0 aromatic heterocycles. The van der Waals surface area contributed by atoms with E-state index >= 15 is 0 Å². The second kappa shape index (κ2) is 8.45. The number of halogens is 2. The van der Waals surface area contributed by atoms with Gasteiger partial charge in [-0.05, 0) is 79.9 Å². The van der Waals surface area contributed by atoms with Crippen LogP contribution in [-0.2, 0) is 0 Å². The summed E-state index contributed by atoms with van der Waals surface area (Å²) in [5.41, 5.74) is -0.457. The zero-order chi connectivity index (χ0) is 18.7. The Labute approximate surface area is 154 Å². The van der Waals surface area contributed by atoms with Crippen molar-refractivity contribution in [2.75, 3.05) is 0 Å². The van der Waals surface area contributed by atoms with Crippen LogP contribution in [-0.4, -0.2) is 4.92 Å². The molecule has 3 rings (SSSR count). The first-order valence-electron chi connectivity index (χ1n) is 10.1. The molecular weight excluding hydrogens is 336 g/mol. The van der Waals surface area contributed by atoms with Crippen LogP contribution >= 0.6 is 0 Å². The van der Waals surface area contributed by atoms with Gasteiger partial charge >= 0.3 is 5.69 Å². The van der Waals surface area contributed by atoms with Crippen molar-refractivity contribution < 1.29 is 13.7 Å². The second-order valence-electron chi connectivity index (χ2n) is 8.27. The monoisotopic (exact) mass is 365 g/mol. The van der Waals surface area contributed by atoms with Crippen molar-refractivity contribution in [3.8, 4) is 0 Å². The van der Waals surface area contributed by atoms with Gasteiger partial charge in [0.1, 0.15) is 0 Å². The van der Waals surface area contributed by atoms with Crippen molar-refractivity contribution in [1.82, 2.24) is 0 Å². The number of hydrogen-bond acceptors (Lipinski definition) is 2. The number of nitro groups is 1. The molecular formula is C21H29F2NO2. The van der Waals surface area contributed by atoms with Gasteiger partial charge in [-0.15, -0.1) is 0 Å². The van der Waals surface area contributed by atoms with Gasteiger partial charge in [0, 0.05) is 0 Å². The van der Waals surface area contributed by atoms with Crippen molar-refractivity contribution >= 4 is 5.69 Å². The number of rotatable bonds is 5. The molecule has 1 aromatic rings. The molecule has 0 N–H and O–H groups in total. The molecule has 2 saturated carbocycles. The van der Waals surface area contributed by atoms with Crippen LogP contribution in [0.2, 0.25) is 0 Å². The minimum Gasteiger partial charge on any atom is -0.258 e. The molecule has 2 fully saturated rings. The Kier molecular flexibility index (Phi) is 6.25. The zero-order valence-corrected chi connectivity index (χ0v) is 15.6. The molecule has 3 nitrogen and oxygen atoms in total. The summed E-state index contributed by atoms with van der Waals surface area (Å²) in [7, 11) is 0. The summed E-state index contributed by atoms with van der Waals surface area (Å²) in [5.74, 6) is 0.477. The first-order valence-corrected chi connectivity index (χ1v) is 10.1. The maximum Gasteiger partial charge on any atom is 0.340 e. The lowest BCUT2D eigenvalue weighted by atomic mass is 9.68. The number of hydrogen-bond donors (Lipinski definition) is 0. The van der Waals surface area contributed by atoms with Gasteiger partial charge < -0.3 is 0 Å². The molecule has 5 heteroatoms. The van der Waals surface area contributed by atoms with Crippen molar-refractivity contribution in [3.05, 3.63) is 39.4 Å². The first kappa shape index (κ1) is 19.2. The Balaban J connectivity index is 1.57. The summed E-state index contributed by atoms with van der Waals surface area (Å²) in [6, 6.07) is 2.34. The fourth-order valence-electron chi connectivity index (χ4n) is 5.28. The van der Waals surface area contributed by atoms with Crippen LogP contribution in [0.5, 0.6) is 0 Å². The summed E-state index contributed by atoms with van der Waals surface area (Å²) >= 11 is 0. The van der Waals surface area contributed by atoms with E-state index in [1.165, 1.54) is 50.7 Å². The Hall–Kier alpha value is -1.52. The van der Waals surface area contributed by atoms with Crippen LogP contribution in [0, 0.1) is 39.5 Å². The van der Waals surface area contributed by atoms with Crippen molar-refractivity contribution in [3.63, 3.8) is 0 Å². The van der Waals surface area contributed by atoms with Crippen LogP contribution in [0.1, 0.15) is 82.6 Å². The SMILES string of the molecule is CCC[C@H]1CC[C@H]([C@H]2CC[C@H](c3cc(F)c([N+](=O)[O-])c(F)c3)CC2)CC1. The third kappa shape index (κ3) is 4.24. The van der Waals surface area contributed by atoms with Crippen LogP contribution in [0.25, 0.3) is 0 Å². The summed E-state index contributed by atoms with van der Waals surface area (Å²) in [4.78, 5) is 9.75. The van der Waals surface area contributed by atoms with E-state index in [-0.39, 0.29) is 5.92 Å². The van der Waals surface area contributed by atoms with Gasteiger partial charge in [-0.2, -0.15) is 8.78 Å². The molecule has 26 heavy (non-hydrogen) atoms. The van der Waals surface area contributed by atoms with E-state index in [2.05, 4.69) is 6.92 Å². The average Bonchev–Trinajstić information content (AvgIpc) is 2.62. The summed E-state index contributed by atoms with van der Waals surface area (Å²) < 4.78 is 27.8. The van der Waals surface area contributed by atoms with E-state index in [1.807, 2.05) is 0 Å². The molecule has 0 spiro atoms. The Morgan fingerprint density at radius 1 is 0.962 bits per heavy atom. The summed E-state index contributed by atoms with van der Waals surface area (Å²) in [6.45, 7) is 2.26. The normalized spacial score (nSPS) is 29.5. The second-order valence-corrected chi connectivity index (χ2v) is 8.27. The lowest BCUT2D eigenvalue weighted by molar-refractivity contribution is -0.390. The third-order valence-corrected chi connectivity index (χ3v) is 6.72. The van der Waals surface area contributed by atoms with Crippen molar-refractivity contribution in [2.24, 2.45) is 17.8 Å². The first-order chi connectivity index (χ1) is 12.5.